The molecule has 2 amide bonds. The lowest BCUT2D eigenvalue weighted by Crippen LogP contribution is -2.40. The Bertz CT molecular complexity index is 1130. The van der Waals surface area contributed by atoms with E-state index >= 15 is 0 Å². The first-order valence-corrected chi connectivity index (χ1v) is 11.8. The van der Waals surface area contributed by atoms with Gasteiger partial charge in [-0.05, 0) is 55.7 Å². The van der Waals surface area contributed by atoms with E-state index in [9.17, 15) is 9.59 Å². The van der Waals surface area contributed by atoms with E-state index in [0.29, 0.717) is 31.1 Å². The maximum absolute atomic E-state index is 12.8. The summed E-state index contributed by atoms with van der Waals surface area (Å²) in [6.45, 7) is 3.15. The van der Waals surface area contributed by atoms with Crippen LogP contribution in [0.1, 0.15) is 23.3 Å². The van der Waals surface area contributed by atoms with Crippen molar-refractivity contribution < 1.29 is 14.3 Å². The van der Waals surface area contributed by atoms with E-state index < -0.39 is 0 Å². The van der Waals surface area contributed by atoms with Gasteiger partial charge < -0.3 is 15.0 Å². The van der Waals surface area contributed by atoms with Crippen molar-refractivity contribution >= 4 is 34.4 Å². The van der Waals surface area contributed by atoms with Gasteiger partial charge >= 0.3 is 0 Å². The number of carbonyl (C=O) groups is 2. The fourth-order valence-corrected chi connectivity index (χ4v) is 4.71. The second-order valence-corrected chi connectivity index (χ2v) is 9.19. The monoisotopic (exact) mass is 461 g/mol. The number of benzene rings is 2. The molecule has 170 valence electrons. The number of rotatable bonds is 6. The summed E-state index contributed by atoms with van der Waals surface area (Å²) in [5.41, 5.74) is 2.84. The first-order valence-electron chi connectivity index (χ1n) is 11.0. The number of hydrogen-bond acceptors (Lipinski definition) is 5. The second-order valence-electron chi connectivity index (χ2n) is 7.99. The third-order valence-electron chi connectivity index (χ3n) is 5.79. The molecule has 1 N–H and O–H groups in total. The van der Waals surface area contributed by atoms with E-state index in [2.05, 4.69) is 10.3 Å². The quantitative estimate of drug-likeness (QED) is 0.524. The summed E-state index contributed by atoms with van der Waals surface area (Å²) in [6.07, 6.45) is 4.72. The van der Waals surface area contributed by atoms with E-state index in [-0.39, 0.29) is 17.7 Å². The molecular formula is C26H27N3O3S. The molecule has 1 fully saturated rings. The number of carbonyl (C=O) groups excluding carboxylic acids is 2. The van der Waals surface area contributed by atoms with E-state index in [1.54, 1.807) is 18.1 Å². The van der Waals surface area contributed by atoms with Crippen LogP contribution in [-0.4, -0.2) is 41.9 Å². The lowest BCUT2D eigenvalue weighted by atomic mass is 9.96. The maximum atomic E-state index is 12.8. The summed E-state index contributed by atoms with van der Waals surface area (Å²) in [7, 11) is 1.64. The molecule has 0 unspecified atom stereocenters. The Morgan fingerprint density at radius 3 is 2.45 bits per heavy atom. The summed E-state index contributed by atoms with van der Waals surface area (Å²) in [5.74, 6) is 0.621. The van der Waals surface area contributed by atoms with Crippen LogP contribution in [0.4, 0.5) is 5.13 Å². The average molecular weight is 462 g/mol. The van der Waals surface area contributed by atoms with Crippen LogP contribution in [0, 0.1) is 12.8 Å². The van der Waals surface area contributed by atoms with Crippen LogP contribution in [0.5, 0.6) is 5.75 Å². The number of aryl methyl sites for hydroxylation is 1. The van der Waals surface area contributed by atoms with Crippen molar-refractivity contribution in [3.63, 3.8) is 0 Å². The van der Waals surface area contributed by atoms with Crippen molar-refractivity contribution in [1.82, 2.24) is 9.88 Å². The van der Waals surface area contributed by atoms with Gasteiger partial charge in [0.15, 0.2) is 5.13 Å². The van der Waals surface area contributed by atoms with Gasteiger partial charge in [-0.3, -0.25) is 9.59 Å². The lowest BCUT2D eigenvalue weighted by molar-refractivity contribution is -0.130. The van der Waals surface area contributed by atoms with Crippen LogP contribution in [-0.2, 0) is 9.59 Å². The Morgan fingerprint density at radius 1 is 1.09 bits per heavy atom. The SMILES string of the molecule is COc1ccc(-c2nc(NC(=O)C3CCN(C(=O)C=Cc4ccccc4)CC3)sc2C)cc1. The topological polar surface area (TPSA) is 71.5 Å². The molecular weight excluding hydrogens is 434 g/mol. The molecule has 0 aliphatic carbocycles. The summed E-state index contributed by atoms with van der Waals surface area (Å²) in [5, 5.41) is 3.59. The highest BCUT2D eigenvalue weighted by molar-refractivity contribution is 7.16. The Morgan fingerprint density at radius 2 is 1.79 bits per heavy atom. The zero-order chi connectivity index (χ0) is 23.2. The van der Waals surface area contributed by atoms with E-state index in [1.807, 2.05) is 67.6 Å². The smallest absolute Gasteiger partial charge is 0.246 e. The Kier molecular flexibility index (Phi) is 7.19. The molecule has 0 radical (unpaired) electrons. The Balaban J connectivity index is 1.31. The van der Waals surface area contributed by atoms with Crippen molar-refractivity contribution in [2.24, 2.45) is 5.92 Å². The van der Waals surface area contributed by atoms with Gasteiger partial charge in [0, 0.05) is 35.5 Å². The first kappa shape index (κ1) is 22.7. The second kappa shape index (κ2) is 10.4. The minimum Gasteiger partial charge on any atom is -0.497 e. The van der Waals surface area contributed by atoms with Gasteiger partial charge in [0.1, 0.15) is 5.75 Å². The van der Waals surface area contributed by atoms with Gasteiger partial charge in [-0.15, -0.1) is 11.3 Å². The third-order valence-corrected chi connectivity index (χ3v) is 6.67. The molecule has 1 aromatic heterocycles. The number of likely N-dealkylation sites (tertiary alicyclic amines) is 1. The Labute approximate surface area is 197 Å². The van der Waals surface area contributed by atoms with Crippen LogP contribution in [0.2, 0.25) is 0 Å². The van der Waals surface area contributed by atoms with Crippen molar-refractivity contribution in [1.29, 1.82) is 0 Å². The van der Waals surface area contributed by atoms with Gasteiger partial charge in [-0.2, -0.15) is 0 Å². The average Bonchev–Trinajstić information content (AvgIpc) is 3.23. The highest BCUT2D eigenvalue weighted by Crippen LogP contribution is 2.32. The lowest BCUT2D eigenvalue weighted by Gasteiger charge is -2.30. The van der Waals surface area contributed by atoms with Crippen molar-refractivity contribution in [2.45, 2.75) is 19.8 Å². The van der Waals surface area contributed by atoms with Gasteiger partial charge in [0.2, 0.25) is 11.8 Å². The predicted molar refractivity (Wildman–Crippen MR) is 132 cm³/mol. The molecule has 0 saturated carbocycles. The molecule has 1 aliphatic heterocycles. The number of nitrogens with zero attached hydrogens (tertiary/aromatic N) is 2. The maximum Gasteiger partial charge on any atom is 0.246 e. The van der Waals surface area contributed by atoms with Crippen LogP contribution in [0.25, 0.3) is 17.3 Å². The van der Waals surface area contributed by atoms with Crippen molar-refractivity contribution in [3.05, 3.63) is 71.1 Å². The van der Waals surface area contributed by atoms with E-state index in [1.165, 1.54) is 11.3 Å². The molecule has 0 spiro atoms. The number of amides is 2. The molecule has 4 rings (SSSR count). The van der Waals surface area contributed by atoms with E-state index in [4.69, 9.17) is 4.74 Å². The van der Waals surface area contributed by atoms with Gasteiger partial charge in [-0.1, -0.05) is 30.3 Å². The minimum absolute atomic E-state index is 0.0163. The molecule has 6 nitrogen and oxygen atoms in total. The van der Waals surface area contributed by atoms with Crippen LogP contribution in [0.3, 0.4) is 0 Å². The molecule has 7 heteroatoms. The first-order chi connectivity index (χ1) is 16.0. The van der Waals surface area contributed by atoms with Crippen molar-refractivity contribution in [3.8, 4) is 17.0 Å². The number of thiazole rings is 1. The molecule has 0 bridgehead atoms. The molecule has 3 aromatic rings. The van der Waals surface area contributed by atoms with Gasteiger partial charge in [0.05, 0.1) is 12.8 Å². The normalized spacial score (nSPS) is 14.4. The Hall–Kier alpha value is -3.45. The van der Waals surface area contributed by atoms with Crippen LogP contribution >= 0.6 is 11.3 Å². The fraction of sp³-hybridized carbons (Fsp3) is 0.269. The summed E-state index contributed by atoms with van der Waals surface area (Å²) in [4.78, 5) is 32.8. The number of ether oxygens (including phenoxy) is 1. The number of piperidine rings is 1. The van der Waals surface area contributed by atoms with Crippen molar-refractivity contribution in [2.75, 3.05) is 25.5 Å². The van der Waals surface area contributed by atoms with Gasteiger partial charge in [0.25, 0.3) is 0 Å². The number of methoxy groups -OCH3 is 1. The van der Waals surface area contributed by atoms with E-state index in [0.717, 1.165) is 27.4 Å². The van der Waals surface area contributed by atoms with Gasteiger partial charge in [-0.25, -0.2) is 4.98 Å². The predicted octanol–water partition coefficient (Wildman–Crippen LogP) is 5.02. The summed E-state index contributed by atoms with van der Waals surface area (Å²) >= 11 is 1.47. The molecule has 2 heterocycles. The number of aromatic nitrogens is 1. The minimum atomic E-state index is -0.124. The summed E-state index contributed by atoms with van der Waals surface area (Å²) < 4.78 is 5.21. The highest BCUT2D eigenvalue weighted by Gasteiger charge is 2.27. The fourth-order valence-electron chi connectivity index (χ4n) is 3.87. The number of hydrogen-bond donors (Lipinski definition) is 1. The molecule has 0 atom stereocenters. The molecule has 2 aromatic carbocycles. The molecule has 1 aliphatic rings. The number of nitrogens with one attached hydrogen (secondary N) is 1. The third kappa shape index (κ3) is 5.68. The molecule has 33 heavy (non-hydrogen) atoms. The zero-order valence-electron chi connectivity index (χ0n) is 18.8. The summed E-state index contributed by atoms with van der Waals surface area (Å²) in [6, 6.07) is 17.5. The standard InChI is InChI=1S/C26H27N3O3S/c1-18-24(20-9-11-22(32-2)12-10-20)27-26(33-18)28-25(31)21-14-16-29(17-15-21)23(30)13-8-19-6-4-3-5-7-19/h3-13,21H,14-17H2,1-2H3,(H,27,28,31). The largest absolute Gasteiger partial charge is 0.497 e. The van der Waals surface area contributed by atoms with Crippen LogP contribution in [0.15, 0.2) is 60.7 Å². The zero-order valence-corrected chi connectivity index (χ0v) is 19.6. The molecule has 1 saturated heterocycles. The van der Waals surface area contributed by atoms with Crippen LogP contribution < -0.4 is 10.1 Å². The number of anilines is 1. The highest BCUT2D eigenvalue weighted by atomic mass is 32.1.